The summed E-state index contributed by atoms with van der Waals surface area (Å²) in [5.74, 6) is -0.396. The molecule has 4 aliphatic rings. The fraction of sp³-hybridized carbons (Fsp3) is 0.545. The van der Waals surface area contributed by atoms with Gasteiger partial charge in [0.2, 0.25) is 17.7 Å². The molecule has 4 fully saturated rings. The third kappa shape index (κ3) is 3.63. The zero-order valence-corrected chi connectivity index (χ0v) is 18.0. The van der Waals surface area contributed by atoms with Crippen molar-refractivity contribution < 1.29 is 19.2 Å². The van der Waals surface area contributed by atoms with Crippen LogP contribution in [0.1, 0.15) is 48.2 Å². The second kappa shape index (κ2) is 7.99. The van der Waals surface area contributed by atoms with Crippen molar-refractivity contribution >= 4 is 34.7 Å². The molecule has 168 valence electrons. The molecule has 0 aromatic carbocycles. The lowest BCUT2D eigenvalue weighted by molar-refractivity contribution is -0.150. The number of aromatic nitrogens is 3. The highest BCUT2D eigenvalue weighted by atomic mass is 16.2. The summed E-state index contributed by atoms with van der Waals surface area (Å²) in [5.41, 5.74) is 1.91. The van der Waals surface area contributed by atoms with Gasteiger partial charge in [0, 0.05) is 49.2 Å². The van der Waals surface area contributed by atoms with Crippen LogP contribution < -0.4 is 5.32 Å². The molecule has 1 aliphatic carbocycles. The molecule has 2 bridgehead atoms. The highest BCUT2D eigenvalue weighted by molar-refractivity contribution is 6.04. The first-order valence-electron chi connectivity index (χ1n) is 11.1. The molecular formula is C22H26N6O4. The molecule has 10 nitrogen and oxygen atoms in total. The van der Waals surface area contributed by atoms with Crippen LogP contribution in [0.25, 0.3) is 11.0 Å². The molecule has 3 saturated heterocycles. The molecule has 2 aromatic rings. The summed E-state index contributed by atoms with van der Waals surface area (Å²) in [6.45, 7) is 2.83. The Kier molecular flexibility index (Phi) is 5.15. The van der Waals surface area contributed by atoms with Gasteiger partial charge in [-0.2, -0.15) is 5.10 Å². The van der Waals surface area contributed by atoms with Gasteiger partial charge in [-0.3, -0.25) is 29.2 Å². The maximum atomic E-state index is 12.9. The van der Waals surface area contributed by atoms with E-state index in [4.69, 9.17) is 0 Å². The maximum Gasteiger partial charge on any atom is 0.252 e. The van der Waals surface area contributed by atoms with E-state index in [9.17, 15) is 19.2 Å². The number of carbonyl (C=O) groups excluding carboxylic acids is 4. The van der Waals surface area contributed by atoms with Gasteiger partial charge in [0.05, 0.1) is 5.56 Å². The minimum absolute atomic E-state index is 0.0114. The van der Waals surface area contributed by atoms with Gasteiger partial charge in [0.15, 0.2) is 5.65 Å². The van der Waals surface area contributed by atoms with Gasteiger partial charge in [-0.1, -0.05) is 0 Å². The molecule has 3 aliphatic heterocycles. The Morgan fingerprint density at radius 3 is 2.75 bits per heavy atom. The maximum absolute atomic E-state index is 12.9. The van der Waals surface area contributed by atoms with Crippen LogP contribution in [0.15, 0.2) is 12.3 Å². The molecule has 2 aromatic heterocycles. The zero-order chi connectivity index (χ0) is 22.4. The predicted molar refractivity (Wildman–Crippen MR) is 113 cm³/mol. The third-order valence-corrected chi connectivity index (χ3v) is 7.06. The first-order valence-corrected chi connectivity index (χ1v) is 11.1. The van der Waals surface area contributed by atoms with E-state index < -0.39 is 0 Å². The van der Waals surface area contributed by atoms with Gasteiger partial charge in [0.1, 0.15) is 6.54 Å². The van der Waals surface area contributed by atoms with Crippen LogP contribution in [0.4, 0.5) is 0 Å². The lowest BCUT2D eigenvalue weighted by atomic mass is 9.72. The second-order valence-corrected chi connectivity index (χ2v) is 9.08. The van der Waals surface area contributed by atoms with Gasteiger partial charge in [-0.05, 0) is 44.1 Å². The summed E-state index contributed by atoms with van der Waals surface area (Å²) in [6, 6.07) is 1.79. The summed E-state index contributed by atoms with van der Waals surface area (Å²) in [7, 11) is 0. The van der Waals surface area contributed by atoms with Gasteiger partial charge in [-0.15, -0.1) is 0 Å². The molecule has 6 rings (SSSR count). The summed E-state index contributed by atoms with van der Waals surface area (Å²) in [4.78, 5) is 56.6. The van der Waals surface area contributed by atoms with Crippen molar-refractivity contribution in [2.45, 2.75) is 45.1 Å². The van der Waals surface area contributed by atoms with Crippen LogP contribution in [-0.4, -0.2) is 74.3 Å². The highest BCUT2D eigenvalue weighted by Gasteiger charge is 2.43. The second-order valence-electron chi connectivity index (χ2n) is 9.08. The van der Waals surface area contributed by atoms with Crippen LogP contribution in [0, 0.1) is 18.8 Å². The van der Waals surface area contributed by atoms with E-state index in [-0.39, 0.29) is 55.0 Å². The molecule has 1 saturated carbocycles. The lowest BCUT2D eigenvalue weighted by Crippen LogP contribution is -2.59. The molecule has 10 heteroatoms. The molecule has 3 unspecified atom stereocenters. The molecule has 0 spiro atoms. The van der Waals surface area contributed by atoms with Crippen molar-refractivity contribution in [3.8, 4) is 0 Å². The summed E-state index contributed by atoms with van der Waals surface area (Å²) in [6.07, 6.45) is 4.78. The lowest BCUT2D eigenvalue weighted by Gasteiger charge is -2.50. The Morgan fingerprint density at radius 1 is 1.22 bits per heavy atom. The van der Waals surface area contributed by atoms with Crippen molar-refractivity contribution in [2.24, 2.45) is 11.8 Å². The van der Waals surface area contributed by atoms with Gasteiger partial charge >= 0.3 is 0 Å². The minimum atomic E-state index is -0.271. The zero-order valence-electron chi connectivity index (χ0n) is 18.0. The molecule has 0 radical (unpaired) electrons. The van der Waals surface area contributed by atoms with Gasteiger partial charge in [-0.25, -0.2) is 4.98 Å². The Labute approximate surface area is 184 Å². The fourth-order valence-corrected chi connectivity index (χ4v) is 5.34. The summed E-state index contributed by atoms with van der Waals surface area (Å²) >= 11 is 0. The molecule has 5 heterocycles. The number of fused-ring (bicyclic) bond motifs is 4. The number of hydrogen-bond donors (Lipinski definition) is 2. The van der Waals surface area contributed by atoms with Crippen LogP contribution in [-0.2, 0) is 14.4 Å². The number of rotatable bonds is 5. The fourth-order valence-electron chi connectivity index (χ4n) is 5.34. The smallest absolute Gasteiger partial charge is 0.252 e. The molecular weight excluding hydrogens is 412 g/mol. The monoisotopic (exact) mass is 438 g/mol. The molecule has 2 N–H and O–H groups in total. The van der Waals surface area contributed by atoms with Crippen molar-refractivity contribution in [3.63, 3.8) is 0 Å². The number of likely N-dealkylation sites (tertiary alicyclic amines) is 1. The topological polar surface area (TPSA) is 128 Å². The van der Waals surface area contributed by atoms with Crippen LogP contribution >= 0.6 is 0 Å². The quantitative estimate of drug-likeness (QED) is 0.664. The van der Waals surface area contributed by atoms with Crippen molar-refractivity contribution in [1.29, 1.82) is 0 Å². The molecule has 3 atom stereocenters. The number of imide groups is 1. The number of amides is 4. The number of hydrogen-bond acceptors (Lipinski definition) is 6. The van der Waals surface area contributed by atoms with Gasteiger partial charge < -0.3 is 10.2 Å². The van der Waals surface area contributed by atoms with Crippen LogP contribution in [0.3, 0.4) is 0 Å². The van der Waals surface area contributed by atoms with Gasteiger partial charge in [0.25, 0.3) is 5.91 Å². The van der Waals surface area contributed by atoms with E-state index in [0.29, 0.717) is 30.2 Å². The number of carbonyl (C=O) groups is 4. The Balaban J connectivity index is 1.23. The first-order chi connectivity index (χ1) is 15.4. The number of aryl methyl sites for hydroxylation is 1. The van der Waals surface area contributed by atoms with Crippen molar-refractivity contribution in [2.75, 3.05) is 19.6 Å². The number of piperidine rings is 2. The number of nitrogens with one attached hydrogen (secondary N) is 2. The Bertz CT molecular complexity index is 1100. The normalized spacial score (nSPS) is 25.1. The minimum Gasteiger partial charge on any atom is -0.352 e. The Morgan fingerprint density at radius 2 is 2.00 bits per heavy atom. The van der Waals surface area contributed by atoms with Crippen molar-refractivity contribution in [1.82, 2.24) is 30.3 Å². The van der Waals surface area contributed by atoms with E-state index in [1.54, 1.807) is 6.07 Å². The first kappa shape index (κ1) is 20.6. The number of aromatic amines is 1. The third-order valence-electron chi connectivity index (χ3n) is 7.06. The average Bonchev–Trinajstić information content (AvgIpc) is 3.34. The number of H-pyrrole nitrogens is 1. The summed E-state index contributed by atoms with van der Waals surface area (Å²) in [5, 5.41) is 10.8. The van der Waals surface area contributed by atoms with E-state index in [1.807, 2.05) is 11.8 Å². The highest BCUT2D eigenvalue weighted by Crippen LogP contribution is 2.39. The van der Waals surface area contributed by atoms with E-state index in [1.165, 1.54) is 6.20 Å². The van der Waals surface area contributed by atoms with Crippen LogP contribution in [0.2, 0.25) is 0 Å². The predicted octanol–water partition coefficient (Wildman–Crippen LogP) is 0.772. The Hall–Kier alpha value is -3.30. The SMILES string of the molecule is Cc1[nH]nc2ncc(C(=O)NCC3CC4CCC3N(C(=O)CN3C(=O)CCC3=O)C4)cc12. The summed E-state index contributed by atoms with van der Waals surface area (Å²) < 4.78 is 0. The average molecular weight is 438 g/mol. The van der Waals surface area contributed by atoms with E-state index in [2.05, 4.69) is 20.5 Å². The van der Waals surface area contributed by atoms with E-state index >= 15 is 0 Å². The van der Waals surface area contributed by atoms with E-state index in [0.717, 1.165) is 35.2 Å². The number of nitrogens with zero attached hydrogens (tertiary/aromatic N) is 4. The molecule has 32 heavy (non-hydrogen) atoms. The largest absolute Gasteiger partial charge is 0.352 e. The standard InChI is InChI=1S/C22H26N6O4/c1-12-16-7-15(9-23-21(16)26-25-12)22(32)24-8-14-6-13-2-3-17(14)27(10-13)20(31)11-28-18(29)4-5-19(28)30/h7,9,13-14,17H,2-6,8,10-11H2,1H3,(H,24,32)(H,23,25,26). The van der Waals surface area contributed by atoms with Crippen LogP contribution in [0.5, 0.6) is 0 Å². The number of pyridine rings is 1. The van der Waals surface area contributed by atoms with Crippen molar-refractivity contribution in [3.05, 3.63) is 23.5 Å². The molecule has 4 amide bonds.